The van der Waals surface area contributed by atoms with Crippen LogP contribution in [0, 0.1) is 10.8 Å². The number of carboxylic acids is 2. The van der Waals surface area contributed by atoms with Crippen molar-refractivity contribution in [3.05, 3.63) is 4.91 Å². The standard InChI is InChI=1S/C6H7NO5/c8-5(9)3-1-4(6(10)11)7(12)2-3/h3-4H,1-2H2,(H-,8,9,10,11)/p+1/t3-,4+/m1/s1. The van der Waals surface area contributed by atoms with E-state index in [0.717, 1.165) is 0 Å². The van der Waals surface area contributed by atoms with Crippen LogP contribution >= 0.6 is 0 Å². The molecule has 1 aliphatic heterocycles. The summed E-state index contributed by atoms with van der Waals surface area (Å²) in [4.78, 5) is 31.5. The first-order chi connectivity index (χ1) is 5.52. The molecule has 12 heavy (non-hydrogen) atoms. The molecular formula is C6H8NO5+. The molecule has 2 atom stereocenters. The number of carbonyl (C=O) groups is 2. The molecule has 0 amide bonds. The molecule has 66 valence electrons. The van der Waals surface area contributed by atoms with Crippen LogP contribution in [-0.2, 0) is 9.59 Å². The van der Waals surface area contributed by atoms with Gasteiger partial charge in [-0.2, -0.15) is 0 Å². The maximum Gasteiger partial charge on any atom is 0.377 e. The van der Waals surface area contributed by atoms with Crippen molar-refractivity contribution in [1.82, 2.24) is 0 Å². The summed E-state index contributed by atoms with van der Waals surface area (Å²) in [7, 11) is 0. The van der Waals surface area contributed by atoms with E-state index in [9.17, 15) is 14.5 Å². The number of rotatable bonds is 2. The molecule has 0 aromatic carbocycles. The lowest BCUT2D eigenvalue weighted by molar-refractivity contribution is -0.554. The molecule has 1 saturated heterocycles. The Labute approximate surface area is 67.4 Å². The summed E-state index contributed by atoms with van der Waals surface area (Å²) in [6.07, 6.45) is -0.103. The Morgan fingerprint density at radius 2 is 1.83 bits per heavy atom. The first-order valence-electron chi connectivity index (χ1n) is 3.41. The summed E-state index contributed by atoms with van der Waals surface area (Å²) in [6, 6.07) is -1.19. The fourth-order valence-corrected chi connectivity index (χ4v) is 1.21. The number of nitrogens with zero attached hydrogens (tertiary/aromatic N) is 1. The Hall–Kier alpha value is -1.46. The quantitative estimate of drug-likeness (QED) is 0.541. The summed E-state index contributed by atoms with van der Waals surface area (Å²) in [5.74, 6) is -3.21. The Bertz CT molecular complexity index is 248. The Kier molecular flexibility index (Phi) is 2.07. The van der Waals surface area contributed by atoms with Gasteiger partial charge < -0.3 is 10.2 Å². The van der Waals surface area contributed by atoms with Gasteiger partial charge in [0, 0.05) is 16.1 Å². The first-order valence-corrected chi connectivity index (χ1v) is 3.41. The molecule has 0 unspecified atom stereocenters. The maximum atomic E-state index is 10.8. The molecule has 6 nitrogen and oxygen atoms in total. The van der Waals surface area contributed by atoms with Crippen molar-refractivity contribution in [3.63, 3.8) is 0 Å². The van der Waals surface area contributed by atoms with E-state index >= 15 is 0 Å². The second-order valence-corrected chi connectivity index (χ2v) is 2.72. The molecule has 0 aliphatic carbocycles. The molecule has 0 radical (unpaired) electrons. The van der Waals surface area contributed by atoms with E-state index in [-0.39, 0.29) is 13.0 Å². The molecule has 0 aromatic rings. The second-order valence-electron chi connectivity index (χ2n) is 2.72. The summed E-state index contributed by atoms with van der Waals surface area (Å²) < 4.78 is 0.307. The van der Waals surface area contributed by atoms with E-state index in [0.29, 0.717) is 4.76 Å². The normalized spacial score (nSPS) is 28.8. The number of nitroso groups, excluding NO2 is 1. The highest BCUT2D eigenvalue weighted by molar-refractivity contribution is 5.76. The number of hydrogen-bond donors (Lipinski definition) is 2. The highest BCUT2D eigenvalue weighted by Gasteiger charge is 2.47. The minimum atomic E-state index is -1.26. The zero-order valence-electron chi connectivity index (χ0n) is 6.14. The SMILES string of the molecule is O=C(O)[C@@H]1C[C@@H](C(=O)O)[N+](=O)C1. The molecule has 1 aliphatic rings. The van der Waals surface area contributed by atoms with Gasteiger partial charge in [-0.25, -0.2) is 4.79 Å². The number of hydrogen-bond acceptors (Lipinski definition) is 3. The van der Waals surface area contributed by atoms with Crippen LogP contribution in [0.4, 0.5) is 0 Å². The lowest BCUT2D eigenvalue weighted by Gasteiger charge is -1.93. The van der Waals surface area contributed by atoms with Crippen molar-refractivity contribution in [3.8, 4) is 0 Å². The van der Waals surface area contributed by atoms with Crippen LogP contribution in [0.25, 0.3) is 0 Å². The summed E-state index contributed by atoms with van der Waals surface area (Å²) in [5, 5.41) is 16.9. The molecule has 1 rings (SSSR count). The van der Waals surface area contributed by atoms with Crippen molar-refractivity contribution in [2.75, 3.05) is 6.54 Å². The predicted molar refractivity (Wildman–Crippen MR) is 35.7 cm³/mol. The Morgan fingerprint density at radius 1 is 1.25 bits per heavy atom. The van der Waals surface area contributed by atoms with Crippen molar-refractivity contribution < 1.29 is 24.6 Å². The molecule has 1 fully saturated rings. The fraction of sp³-hybridized carbons (Fsp3) is 0.667. The lowest BCUT2D eigenvalue weighted by atomic mass is 10.1. The van der Waals surface area contributed by atoms with Gasteiger partial charge in [0.2, 0.25) is 6.54 Å². The summed E-state index contributed by atoms with van der Waals surface area (Å²) in [6.45, 7) is -0.230. The summed E-state index contributed by atoms with van der Waals surface area (Å²) in [5.41, 5.74) is 0. The Balaban J connectivity index is 2.68. The predicted octanol–water partition coefficient (Wildman–Crippen LogP) is -0.677. The van der Waals surface area contributed by atoms with Gasteiger partial charge in [0.25, 0.3) is 6.04 Å². The van der Waals surface area contributed by atoms with Crippen molar-refractivity contribution in [2.45, 2.75) is 12.5 Å². The van der Waals surface area contributed by atoms with Crippen LogP contribution < -0.4 is 0 Å². The average molecular weight is 174 g/mol. The Morgan fingerprint density at radius 3 is 2.08 bits per heavy atom. The van der Waals surface area contributed by atoms with Crippen LogP contribution in [-0.4, -0.2) is 39.5 Å². The second kappa shape index (κ2) is 2.88. The zero-order valence-corrected chi connectivity index (χ0v) is 6.14. The largest absolute Gasteiger partial charge is 0.481 e. The van der Waals surface area contributed by atoms with E-state index < -0.39 is 23.9 Å². The van der Waals surface area contributed by atoms with Crippen LogP contribution in [0.15, 0.2) is 0 Å². The van der Waals surface area contributed by atoms with Gasteiger partial charge in [-0.3, -0.25) is 4.79 Å². The molecule has 2 N–H and O–H groups in total. The molecule has 0 aromatic heterocycles. The van der Waals surface area contributed by atoms with Crippen LogP contribution in [0.1, 0.15) is 6.42 Å². The van der Waals surface area contributed by atoms with E-state index in [2.05, 4.69) is 0 Å². The third kappa shape index (κ3) is 1.41. The fourth-order valence-electron chi connectivity index (χ4n) is 1.21. The van der Waals surface area contributed by atoms with Gasteiger partial charge in [0.05, 0.1) is 0 Å². The smallest absolute Gasteiger partial charge is 0.377 e. The first kappa shape index (κ1) is 8.63. The monoisotopic (exact) mass is 174 g/mol. The molecule has 0 bridgehead atoms. The van der Waals surface area contributed by atoms with Gasteiger partial charge in [-0.1, -0.05) is 0 Å². The van der Waals surface area contributed by atoms with Crippen molar-refractivity contribution >= 4 is 11.9 Å². The van der Waals surface area contributed by atoms with Crippen molar-refractivity contribution in [2.24, 2.45) is 5.92 Å². The van der Waals surface area contributed by atoms with E-state index in [4.69, 9.17) is 10.2 Å². The third-order valence-electron chi connectivity index (χ3n) is 1.89. The van der Waals surface area contributed by atoms with E-state index in [1.54, 1.807) is 0 Å². The van der Waals surface area contributed by atoms with Gasteiger partial charge in [-0.15, -0.1) is 0 Å². The minimum Gasteiger partial charge on any atom is -0.481 e. The zero-order chi connectivity index (χ0) is 9.30. The molecule has 6 heteroatoms. The van der Waals surface area contributed by atoms with Crippen molar-refractivity contribution in [1.29, 1.82) is 0 Å². The van der Waals surface area contributed by atoms with E-state index in [1.165, 1.54) is 0 Å². The molecule has 0 saturated carbocycles. The van der Waals surface area contributed by atoms with Crippen LogP contribution in [0.2, 0.25) is 0 Å². The number of aliphatic carboxylic acids is 2. The molecular weight excluding hydrogens is 166 g/mol. The minimum absolute atomic E-state index is 0.103. The number of carboxylic acid groups (broad SMARTS) is 2. The average Bonchev–Trinajstić information content (AvgIpc) is 2.30. The van der Waals surface area contributed by atoms with Crippen LogP contribution in [0.5, 0.6) is 0 Å². The lowest BCUT2D eigenvalue weighted by Crippen LogP contribution is -2.26. The third-order valence-corrected chi connectivity index (χ3v) is 1.89. The molecule has 0 spiro atoms. The maximum absolute atomic E-state index is 10.8. The molecule has 1 heterocycles. The highest BCUT2D eigenvalue weighted by Crippen LogP contribution is 2.19. The summed E-state index contributed by atoms with van der Waals surface area (Å²) >= 11 is 0. The van der Waals surface area contributed by atoms with Crippen LogP contribution in [0.3, 0.4) is 0 Å². The van der Waals surface area contributed by atoms with E-state index in [1.807, 2.05) is 0 Å². The van der Waals surface area contributed by atoms with Gasteiger partial charge >= 0.3 is 11.9 Å². The highest BCUT2D eigenvalue weighted by atomic mass is 16.4. The van der Waals surface area contributed by atoms with Gasteiger partial charge in [-0.05, 0) is 0 Å². The topological polar surface area (TPSA) is 94.7 Å². The van der Waals surface area contributed by atoms with Gasteiger partial charge in [0.1, 0.15) is 5.92 Å². The van der Waals surface area contributed by atoms with Gasteiger partial charge in [0.15, 0.2) is 0 Å².